The molecule has 0 aliphatic carbocycles. The fourth-order valence-electron chi connectivity index (χ4n) is 4.25. The Morgan fingerprint density at radius 1 is 0.921 bits per heavy atom. The van der Waals surface area contributed by atoms with Gasteiger partial charge >= 0.3 is 6.03 Å². The first-order chi connectivity index (χ1) is 18.4. The van der Waals surface area contributed by atoms with Crippen LogP contribution in [0.4, 0.5) is 16.2 Å². The third-order valence-electron chi connectivity index (χ3n) is 6.12. The van der Waals surface area contributed by atoms with Crippen LogP contribution in [0.2, 0.25) is 0 Å². The number of imide groups is 1. The maximum absolute atomic E-state index is 13.5. The van der Waals surface area contributed by atoms with Crippen molar-refractivity contribution < 1.29 is 28.6 Å². The number of para-hydroxylation sites is 1. The summed E-state index contributed by atoms with van der Waals surface area (Å²) in [6, 6.07) is 19.5. The molecule has 0 spiro atoms. The number of hydrogen-bond donors (Lipinski definition) is 1. The molecule has 9 heteroatoms. The van der Waals surface area contributed by atoms with E-state index in [0.29, 0.717) is 35.2 Å². The molecule has 4 rings (SSSR count). The van der Waals surface area contributed by atoms with Crippen LogP contribution in [-0.2, 0) is 16.1 Å². The maximum atomic E-state index is 13.5. The number of benzene rings is 3. The van der Waals surface area contributed by atoms with Gasteiger partial charge in [-0.05, 0) is 60.5 Å². The minimum absolute atomic E-state index is 0.107. The van der Waals surface area contributed by atoms with E-state index in [9.17, 15) is 14.4 Å². The fraction of sp³-hybridized carbons (Fsp3) is 0.276. The summed E-state index contributed by atoms with van der Waals surface area (Å²) in [5.41, 5.74) is 1.75. The van der Waals surface area contributed by atoms with E-state index in [1.807, 2.05) is 6.92 Å². The Bertz CT molecular complexity index is 1280. The summed E-state index contributed by atoms with van der Waals surface area (Å²) in [4.78, 5) is 42.6. The number of amides is 4. The van der Waals surface area contributed by atoms with Crippen LogP contribution in [0.3, 0.4) is 0 Å². The second-order valence-electron chi connectivity index (χ2n) is 8.75. The van der Waals surface area contributed by atoms with Gasteiger partial charge in [-0.1, -0.05) is 31.2 Å². The number of methoxy groups -OCH3 is 2. The zero-order valence-corrected chi connectivity index (χ0v) is 21.7. The summed E-state index contributed by atoms with van der Waals surface area (Å²) in [5, 5.41) is 2.82. The van der Waals surface area contributed by atoms with Crippen LogP contribution in [0.15, 0.2) is 72.8 Å². The number of nitrogens with one attached hydrogen (secondary N) is 1. The Morgan fingerprint density at radius 3 is 2.29 bits per heavy atom. The molecule has 1 atom stereocenters. The molecule has 1 N–H and O–H groups in total. The molecule has 0 bridgehead atoms. The lowest BCUT2D eigenvalue weighted by Gasteiger charge is -2.22. The SMILES string of the molecule is CCCOc1ccc(NC(=O)C[C@H]2C(=O)N(c3ccccc3)C(=O)N2Cc2ccc(OC)c(OC)c2)cc1. The Labute approximate surface area is 221 Å². The highest BCUT2D eigenvalue weighted by molar-refractivity contribution is 6.22. The van der Waals surface area contributed by atoms with Crippen molar-refractivity contribution in [2.45, 2.75) is 32.4 Å². The highest BCUT2D eigenvalue weighted by atomic mass is 16.5. The van der Waals surface area contributed by atoms with E-state index in [0.717, 1.165) is 16.9 Å². The molecule has 3 aromatic carbocycles. The van der Waals surface area contributed by atoms with Crippen molar-refractivity contribution in [1.82, 2.24) is 4.90 Å². The van der Waals surface area contributed by atoms with Crippen molar-refractivity contribution in [3.8, 4) is 17.2 Å². The molecule has 1 fully saturated rings. The molecule has 1 aliphatic heterocycles. The number of anilines is 2. The maximum Gasteiger partial charge on any atom is 0.332 e. The lowest BCUT2D eigenvalue weighted by atomic mass is 10.1. The topological polar surface area (TPSA) is 97.4 Å². The molecule has 198 valence electrons. The van der Waals surface area contributed by atoms with Crippen molar-refractivity contribution in [3.63, 3.8) is 0 Å². The van der Waals surface area contributed by atoms with E-state index >= 15 is 0 Å². The van der Waals surface area contributed by atoms with Gasteiger partial charge in [0.25, 0.3) is 5.91 Å². The van der Waals surface area contributed by atoms with Gasteiger partial charge in [0.15, 0.2) is 11.5 Å². The van der Waals surface area contributed by atoms with Gasteiger partial charge in [-0.2, -0.15) is 0 Å². The minimum Gasteiger partial charge on any atom is -0.494 e. The molecule has 3 aromatic rings. The van der Waals surface area contributed by atoms with Gasteiger partial charge in [-0.15, -0.1) is 0 Å². The van der Waals surface area contributed by atoms with Gasteiger partial charge in [0.2, 0.25) is 5.91 Å². The first-order valence-corrected chi connectivity index (χ1v) is 12.4. The summed E-state index contributed by atoms with van der Waals surface area (Å²) in [6.45, 7) is 2.74. The molecule has 1 aliphatic rings. The minimum atomic E-state index is -0.983. The molecule has 0 radical (unpaired) electrons. The third-order valence-corrected chi connectivity index (χ3v) is 6.12. The predicted octanol–water partition coefficient (Wildman–Crippen LogP) is 4.86. The van der Waals surface area contributed by atoms with Crippen molar-refractivity contribution in [3.05, 3.63) is 78.4 Å². The Kier molecular flexibility index (Phi) is 8.47. The second-order valence-corrected chi connectivity index (χ2v) is 8.75. The lowest BCUT2D eigenvalue weighted by Crippen LogP contribution is -2.37. The van der Waals surface area contributed by atoms with E-state index in [-0.39, 0.29) is 18.9 Å². The molecule has 4 amide bonds. The van der Waals surface area contributed by atoms with E-state index in [2.05, 4.69) is 5.32 Å². The van der Waals surface area contributed by atoms with Gasteiger partial charge in [-0.3, -0.25) is 9.59 Å². The van der Waals surface area contributed by atoms with Gasteiger partial charge in [0.1, 0.15) is 11.8 Å². The lowest BCUT2D eigenvalue weighted by molar-refractivity contribution is -0.124. The normalized spacial score (nSPS) is 15.0. The number of rotatable bonds is 11. The summed E-state index contributed by atoms with van der Waals surface area (Å²) in [6.07, 6.45) is 0.696. The van der Waals surface area contributed by atoms with Crippen LogP contribution in [-0.4, -0.2) is 49.6 Å². The van der Waals surface area contributed by atoms with E-state index in [1.54, 1.807) is 79.9 Å². The van der Waals surface area contributed by atoms with Crippen LogP contribution >= 0.6 is 0 Å². The number of carbonyl (C=O) groups excluding carboxylic acids is 3. The first-order valence-electron chi connectivity index (χ1n) is 12.4. The largest absolute Gasteiger partial charge is 0.494 e. The Balaban J connectivity index is 1.55. The highest BCUT2D eigenvalue weighted by Gasteiger charge is 2.46. The molecular weight excluding hydrogens is 486 g/mol. The Morgan fingerprint density at radius 2 is 1.63 bits per heavy atom. The van der Waals surface area contributed by atoms with E-state index in [4.69, 9.17) is 14.2 Å². The first kappa shape index (κ1) is 26.5. The Hall–Kier alpha value is -4.53. The number of nitrogens with zero attached hydrogens (tertiary/aromatic N) is 2. The summed E-state index contributed by atoms with van der Waals surface area (Å²) in [5.74, 6) is 0.920. The standard InChI is InChI=1S/C29H31N3O6/c1-4-16-38-23-13-11-21(12-14-23)30-27(33)18-24-28(34)32(22-8-6-5-7-9-22)29(35)31(24)19-20-10-15-25(36-2)26(17-20)37-3/h5-15,17,24H,4,16,18-19H2,1-3H3,(H,30,33)/t24-/m0/s1. The molecule has 0 aromatic heterocycles. The molecule has 1 saturated heterocycles. The van der Waals surface area contributed by atoms with Crippen molar-refractivity contribution >= 4 is 29.2 Å². The van der Waals surface area contributed by atoms with Crippen LogP contribution in [0.1, 0.15) is 25.3 Å². The van der Waals surface area contributed by atoms with Gasteiger partial charge in [-0.25, -0.2) is 9.69 Å². The second kappa shape index (κ2) is 12.1. The average Bonchev–Trinajstić information content (AvgIpc) is 3.16. The van der Waals surface area contributed by atoms with Crippen LogP contribution in [0.25, 0.3) is 0 Å². The molecule has 0 saturated carbocycles. The quantitative estimate of drug-likeness (QED) is 0.365. The highest BCUT2D eigenvalue weighted by Crippen LogP contribution is 2.32. The number of carbonyl (C=O) groups is 3. The summed E-state index contributed by atoms with van der Waals surface area (Å²) in [7, 11) is 3.07. The zero-order valence-electron chi connectivity index (χ0n) is 21.7. The summed E-state index contributed by atoms with van der Waals surface area (Å²) < 4.78 is 16.3. The predicted molar refractivity (Wildman–Crippen MR) is 144 cm³/mol. The van der Waals surface area contributed by atoms with Crippen molar-refractivity contribution in [1.29, 1.82) is 0 Å². The summed E-state index contributed by atoms with van der Waals surface area (Å²) >= 11 is 0. The molecule has 1 heterocycles. The van der Waals surface area contributed by atoms with Gasteiger partial charge < -0.3 is 24.4 Å². The average molecular weight is 518 g/mol. The van der Waals surface area contributed by atoms with E-state index < -0.39 is 18.0 Å². The zero-order chi connectivity index (χ0) is 27.1. The van der Waals surface area contributed by atoms with Crippen molar-refractivity contribution in [2.75, 3.05) is 31.0 Å². The van der Waals surface area contributed by atoms with Crippen LogP contribution in [0.5, 0.6) is 17.2 Å². The number of hydrogen-bond acceptors (Lipinski definition) is 6. The van der Waals surface area contributed by atoms with Crippen LogP contribution < -0.4 is 24.4 Å². The molecular formula is C29H31N3O6. The van der Waals surface area contributed by atoms with Crippen LogP contribution in [0, 0.1) is 0 Å². The molecule has 0 unspecified atom stereocenters. The fourth-order valence-corrected chi connectivity index (χ4v) is 4.25. The molecule has 38 heavy (non-hydrogen) atoms. The monoisotopic (exact) mass is 517 g/mol. The van der Waals surface area contributed by atoms with Crippen molar-refractivity contribution in [2.24, 2.45) is 0 Å². The van der Waals surface area contributed by atoms with Gasteiger partial charge in [0.05, 0.1) is 32.9 Å². The smallest absolute Gasteiger partial charge is 0.332 e. The molecule has 9 nitrogen and oxygen atoms in total. The number of urea groups is 1. The third kappa shape index (κ3) is 5.88. The van der Waals surface area contributed by atoms with E-state index in [1.165, 1.54) is 12.0 Å². The van der Waals surface area contributed by atoms with Gasteiger partial charge in [0, 0.05) is 12.2 Å². The number of ether oxygens (including phenoxy) is 3.